The molecule has 2 N–H and O–H groups in total. The summed E-state index contributed by atoms with van der Waals surface area (Å²) in [6.07, 6.45) is 1.79. The van der Waals surface area contributed by atoms with Crippen molar-refractivity contribution in [2.45, 2.75) is 0 Å². The minimum absolute atomic E-state index is 0.127. The van der Waals surface area contributed by atoms with E-state index >= 15 is 0 Å². The summed E-state index contributed by atoms with van der Waals surface area (Å²) in [5, 5.41) is 3.26. The third kappa shape index (κ3) is 5.11. The highest BCUT2D eigenvalue weighted by atomic mass is 35.5. The predicted octanol–water partition coefficient (Wildman–Crippen LogP) is 4.87. The van der Waals surface area contributed by atoms with Crippen molar-refractivity contribution in [2.24, 2.45) is 0 Å². The first-order valence-corrected chi connectivity index (χ1v) is 11.7. The summed E-state index contributed by atoms with van der Waals surface area (Å²) in [5.41, 5.74) is 3.80. The molecular weight excluding hydrogens is 464 g/mol. The predicted molar refractivity (Wildman–Crippen MR) is 137 cm³/mol. The van der Waals surface area contributed by atoms with Gasteiger partial charge in [0.25, 0.3) is 11.8 Å². The number of rotatable bonds is 5. The number of carbonyl (C=O) groups is 2. The second kappa shape index (κ2) is 10.1. The summed E-state index contributed by atoms with van der Waals surface area (Å²) in [6, 6.07) is 21.8. The van der Waals surface area contributed by atoms with E-state index in [1.165, 1.54) is 0 Å². The molecule has 4 aromatic rings. The van der Waals surface area contributed by atoms with E-state index < -0.39 is 0 Å². The van der Waals surface area contributed by atoms with Crippen molar-refractivity contribution in [2.75, 3.05) is 31.6 Å². The fraction of sp³-hybridized carbons (Fsp3) is 0.148. The average Bonchev–Trinajstić information content (AvgIpc) is 3.32. The van der Waals surface area contributed by atoms with Crippen molar-refractivity contribution in [1.29, 1.82) is 0 Å². The molecule has 3 aromatic carbocycles. The monoisotopic (exact) mass is 486 g/mol. The Labute approximate surface area is 207 Å². The molecule has 0 spiro atoms. The summed E-state index contributed by atoms with van der Waals surface area (Å²) in [4.78, 5) is 35.9. The number of halogens is 1. The number of hydrogen-bond acceptors (Lipinski definition) is 4. The summed E-state index contributed by atoms with van der Waals surface area (Å²) in [6.45, 7) is 2.04. The smallest absolute Gasteiger partial charge is 0.257 e. The molecule has 0 saturated carbocycles. The highest BCUT2D eigenvalue weighted by molar-refractivity contribution is 6.34. The normalized spacial score (nSPS) is 14.2. The molecule has 7 nitrogen and oxygen atoms in total. The number of ether oxygens (including phenoxy) is 1. The summed E-state index contributed by atoms with van der Waals surface area (Å²) < 4.78 is 5.41. The Morgan fingerprint density at radius 1 is 1.00 bits per heavy atom. The maximum atomic E-state index is 13.5. The number of benzene rings is 3. The van der Waals surface area contributed by atoms with Crippen molar-refractivity contribution in [3.63, 3.8) is 0 Å². The Balaban J connectivity index is 1.49. The molecule has 1 fully saturated rings. The largest absolute Gasteiger partial charge is 0.378 e. The minimum atomic E-state index is -0.307. The molecule has 5 rings (SSSR count). The van der Waals surface area contributed by atoms with Crippen LogP contribution in [0.15, 0.2) is 72.8 Å². The molecule has 8 heteroatoms. The van der Waals surface area contributed by atoms with Crippen molar-refractivity contribution in [3.8, 4) is 0 Å². The van der Waals surface area contributed by atoms with E-state index in [2.05, 4.69) is 15.3 Å². The maximum Gasteiger partial charge on any atom is 0.257 e. The lowest BCUT2D eigenvalue weighted by molar-refractivity contribution is -0.128. The second-order valence-electron chi connectivity index (χ2n) is 8.12. The van der Waals surface area contributed by atoms with Crippen LogP contribution in [0.3, 0.4) is 0 Å². The fourth-order valence-electron chi connectivity index (χ4n) is 3.97. The zero-order valence-electron chi connectivity index (χ0n) is 18.8. The number of aromatic amines is 1. The molecule has 1 aromatic heterocycles. The van der Waals surface area contributed by atoms with Crippen LogP contribution in [-0.4, -0.2) is 53.0 Å². The number of nitrogens with zero attached hydrogens (tertiary/aromatic N) is 2. The van der Waals surface area contributed by atoms with Crippen molar-refractivity contribution in [1.82, 2.24) is 14.9 Å². The van der Waals surface area contributed by atoms with Gasteiger partial charge in [-0.15, -0.1) is 0 Å². The van der Waals surface area contributed by atoms with Crippen LogP contribution < -0.4 is 5.32 Å². The molecule has 0 bridgehead atoms. The number of carbonyl (C=O) groups excluding carboxylic acids is 2. The Morgan fingerprint density at radius 3 is 2.57 bits per heavy atom. The quantitative estimate of drug-likeness (QED) is 0.394. The van der Waals surface area contributed by atoms with Crippen LogP contribution >= 0.6 is 11.6 Å². The number of amides is 2. The van der Waals surface area contributed by atoms with Gasteiger partial charge in [0, 0.05) is 18.8 Å². The third-order valence-electron chi connectivity index (χ3n) is 5.75. The topological polar surface area (TPSA) is 87.3 Å². The molecule has 2 heterocycles. The minimum Gasteiger partial charge on any atom is -0.378 e. The van der Waals surface area contributed by atoms with Crippen molar-refractivity contribution >= 4 is 51.8 Å². The van der Waals surface area contributed by atoms with E-state index in [4.69, 9.17) is 16.3 Å². The lowest BCUT2D eigenvalue weighted by Crippen LogP contribution is -2.41. The molecule has 0 aliphatic carbocycles. The Morgan fingerprint density at radius 2 is 1.77 bits per heavy atom. The van der Waals surface area contributed by atoms with Gasteiger partial charge in [0.05, 0.1) is 40.4 Å². The Bertz CT molecular complexity index is 1390. The standard InChI is InChI=1S/C27H23ClN4O3/c28-22-9-2-1-8-20(22)26(33)29-19-7-5-6-18(16-19)17-21(27(34)32-12-14-35-15-13-32)25-30-23-10-3-4-11-24(23)31-25/h1-11,16-17H,12-15H2,(H,29,33)(H,30,31). The van der Waals surface area contributed by atoms with Crippen LogP contribution in [0.5, 0.6) is 0 Å². The van der Waals surface area contributed by atoms with Gasteiger partial charge in [0.1, 0.15) is 5.82 Å². The van der Waals surface area contributed by atoms with E-state index in [1.807, 2.05) is 42.5 Å². The number of anilines is 1. The number of hydrogen-bond donors (Lipinski definition) is 2. The number of aromatic nitrogens is 2. The van der Waals surface area contributed by atoms with Gasteiger partial charge in [-0.05, 0) is 48.0 Å². The molecular formula is C27H23ClN4O3. The molecule has 35 heavy (non-hydrogen) atoms. The summed E-state index contributed by atoms with van der Waals surface area (Å²) in [5.74, 6) is 0.0599. The van der Waals surface area contributed by atoms with E-state index in [0.29, 0.717) is 54.0 Å². The van der Waals surface area contributed by atoms with Gasteiger partial charge in [-0.1, -0.05) is 48.0 Å². The van der Waals surface area contributed by atoms with Gasteiger partial charge in [0.2, 0.25) is 0 Å². The summed E-state index contributed by atoms with van der Waals surface area (Å²) in [7, 11) is 0. The highest BCUT2D eigenvalue weighted by Crippen LogP contribution is 2.24. The molecule has 0 atom stereocenters. The molecule has 2 amide bonds. The Hall–Kier alpha value is -3.94. The molecule has 176 valence electrons. The zero-order chi connectivity index (χ0) is 24.2. The first kappa shape index (κ1) is 22.8. The lowest BCUT2D eigenvalue weighted by atomic mass is 10.1. The number of imidazole rings is 1. The summed E-state index contributed by atoms with van der Waals surface area (Å²) >= 11 is 6.16. The molecule has 0 radical (unpaired) electrons. The average molecular weight is 487 g/mol. The van der Waals surface area contributed by atoms with E-state index in [-0.39, 0.29) is 11.8 Å². The SMILES string of the molecule is O=C(Nc1cccc(C=C(C(=O)N2CCOCC2)c2nc3ccccc3[nH]2)c1)c1ccccc1Cl. The van der Waals surface area contributed by atoms with Gasteiger partial charge >= 0.3 is 0 Å². The van der Waals surface area contributed by atoms with Crippen molar-refractivity contribution in [3.05, 3.63) is 94.8 Å². The number of para-hydroxylation sites is 2. The Kier molecular flexibility index (Phi) is 6.61. The zero-order valence-corrected chi connectivity index (χ0v) is 19.6. The van der Waals surface area contributed by atoms with Crippen molar-refractivity contribution < 1.29 is 14.3 Å². The number of morpholine rings is 1. The molecule has 1 aliphatic heterocycles. The van der Waals surface area contributed by atoms with Crippen LogP contribution in [0.1, 0.15) is 21.7 Å². The molecule has 0 unspecified atom stereocenters. The van der Waals surface area contributed by atoms with E-state index in [1.54, 1.807) is 41.3 Å². The van der Waals surface area contributed by atoms with Crippen LogP contribution in [0.25, 0.3) is 22.7 Å². The van der Waals surface area contributed by atoms with E-state index in [9.17, 15) is 9.59 Å². The first-order chi connectivity index (χ1) is 17.1. The number of fused-ring (bicyclic) bond motifs is 1. The molecule has 1 aliphatic rings. The second-order valence-corrected chi connectivity index (χ2v) is 8.53. The van der Waals surface area contributed by atoms with Gasteiger partial charge in [-0.25, -0.2) is 4.98 Å². The third-order valence-corrected chi connectivity index (χ3v) is 6.08. The highest BCUT2D eigenvalue weighted by Gasteiger charge is 2.24. The van der Waals surface area contributed by atoms with Crippen LogP contribution in [-0.2, 0) is 9.53 Å². The lowest BCUT2D eigenvalue weighted by Gasteiger charge is -2.27. The number of H-pyrrole nitrogens is 1. The van der Waals surface area contributed by atoms with Gasteiger partial charge in [-0.3, -0.25) is 9.59 Å². The van der Waals surface area contributed by atoms with Crippen LogP contribution in [0.2, 0.25) is 5.02 Å². The number of nitrogens with one attached hydrogen (secondary N) is 2. The van der Waals surface area contributed by atoms with E-state index in [0.717, 1.165) is 16.6 Å². The van der Waals surface area contributed by atoms with Crippen LogP contribution in [0.4, 0.5) is 5.69 Å². The maximum absolute atomic E-state index is 13.5. The van der Waals surface area contributed by atoms with Gasteiger partial charge < -0.3 is 19.9 Å². The first-order valence-electron chi connectivity index (χ1n) is 11.3. The van der Waals surface area contributed by atoms with Crippen LogP contribution in [0, 0.1) is 0 Å². The van der Waals surface area contributed by atoms with Gasteiger partial charge in [0.15, 0.2) is 0 Å². The molecule has 1 saturated heterocycles. The fourth-order valence-corrected chi connectivity index (χ4v) is 4.19. The van der Waals surface area contributed by atoms with Gasteiger partial charge in [-0.2, -0.15) is 0 Å².